The number of hydrogen-bond acceptors (Lipinski definition) is 4. The molecule has 1 amide bonds. The third kappa shape index (κ3) is 4.80. The molecule has 0 saturated heterocycles. The van der Waals surface area contributed by atoms with Gasteiger partial charge in [-0.3, -0.25) is 9.63 Å². The summed E-state index contributed by atoms with van der Waals surface area (Å²) in [5.74, 6) is -2.93. The molecule has 0 aromatic heterocycles. The lowest BCUT2D eigenvalue weighted by atomic mass is 10.1. The molecule has 7 heteroatoms. The number of amides is 1. The van der Waals surface area contributed by atoms with Gasteiger partial charge >= 0.3 is 0 Å². The van der Waals surface area contributed by atoms with Gasteiger partial charge in [0.25, 0.3) is 5.91 Å². The molecule has 0 unspecified atom stereocenters. The van der Waals surface area contributed by atoms with Crippen LogP contribution in [0.1, 0.15) is 15.9 Å². The third-order valence-corrected chi connectivity index (χ3v) is 3.70. The molecule has 0 aliphatic rings. The molecule has 5 nitrogen and oxygen atoms in total. The number of phenols is 1. The van der Waals surface area contributed by atoms with Crippen LogP contribution in [0, 0.1) is 11.6 Å². The molecule has 3 aromatic rings. The number of phenolic OH excluding ortho intramolecular Hbond substituents is 1. The normalized spacial score (nSPS) is 10.4. The highest BCUT2D eigenvalue weighted by Gasteiger charge is 2.17. The molecule has 0 saturated carbocycles. The Morgan fingerprint density at radius 3 is 2.33 bits per heavy atom. The topological polar surface area (TPSA) is 70.6 Å². The number of anilines is 2. The lowest BCUT2D eigenvalue weighted by Crippen LogP contribution is -2.24. The average molecular weight is 370 g/mol. The van der Waals surface area contributed by atoms with Crippen LogP contribution in [0.5, 0.6) is 5.75 Å². The van der Waals surface area contributed by atoms with Crippen LogP contribution in [0.15, 0.2) is 66.7 Å². The summed E-state index contributed by atoms with van der Waals surface area (Å²) in [6.45, 7) is 0.122. The molecular formula is C20H16F2N2O3. The monoisotopic (exact) mass is 370 g/mol. The van der Waals surface area contributed by atoms with Gasteiger partial charge in [0, 0.05) is 11.8 Å². The highest BCUT2D eigenvalue weighted by Crippen LogP contribution is 2.25. The lowest BCUT2D eigenvalue weighted by Gasteiger charge is -2.13. The smallest absolute Gasteiger partial charge is 0.277 e. The van der Waals surface area contributed by atoms with Gasteiger partial charge in [-0.05, 0) is 35.9 Å². The number of hydroxylamine groups is 1. The Balaban J connectivity index is 1.75. The number of carbonyl (C=O) groups is 1. The van der Waals surface area contributed by atoms with E-state index in [2.05, 4.69) is 10.8 Å². The average Bonchev–Trinajstić information content (AvgIpc) is 2.67. The van der Waals surface area contributed by atoms with Crippen molar-refractivity contribution in [1.82, 2.24) is 5.48 Å². The van der Waals surface area contributed by atoms with Crippen LogP contribution in [-0.2, 0) is 11.4 Å². The van der Waals surface area contributed by atoms with Gasteiger partial charge in [-0.15, -0.1) is 0 Å². The van der Waals surface area contributed by atoms with Gasteiger partial charge < -0.3 is 10.4 Å². The van der Waals surface area contributed by atoms with Crippen molar-refractivity contribution in [3.63, 3.8) is 0 Å². The van der Waals surface area contributed by atoms with Crippen LogP contribution in [-0.4, -0.2) is 11.0 Å². The summed E-state index contributed by atoms with van der Waals surface area (Å²) in [4.78, 5) is 17.5. The van der Waals surface area contributed by atoms with Gasteiger partial charge in [0.15, 0.2) is 11.6 Å². The molecule has 0 aliphatic carbocycles. The van der Waals surface area contributed by atoms with Crippen molar-refractivity contribution >= 4 is 17.3 Å². The second kappa shape index (κ2) is 8.29. The Kier molecular flexibility index (Phi) is 5.63. The minimum absolute atomic E-state index is 0.0538. The van der Waals surface area contributed by atoms with E-state index in [1.165, 1.54) is 24.3 Å². The summed E-state index contributed by atoms with van der Waals surface area (Å²) in [6.07, 6.45) is 0. The fourth-order valence-corrected chi connectivity index (χ4v) is 2.35. The zero-order valence-corrected chi connectivity index (χ0v) is 14.1. The molecule has 0 spiro atoms. The minimum atomic E-state index is -1.15. The molecule has 3 N–H and O–H groups in total. The number of hydrogen-bond donors (Lipinski definition) is 3. The zero-order valence-electron chi connectivity index (χ0n) is 14.1. The van der Waals surface area contributed by atoms with Gasteiger partial charge in [0.2, 0.25) is 0 Å². The molecule has 0 atom stereocenters. The molecule has 0 radical (unpaired) electrons. The maximum Gasteiger partial charge on any atom is 0.277 e. The second-order valence-electron chi connectivity index (χ2n) is 5.69. The van der Waals surface area contributed by atoms with Crippen molar-refractivity contribution in [2.24, 2.45) is 0 Å². The van der Waals surface area contributed by atoms with E-state index in [-0.39, 0.29) is 23.6 Å². The fourth-order valence-electron chi connectivity index (χ4n) is 2.35. The molecule has 3 aromatic carbocycles. The summed E-state index contributed by atoms with van der Waals surface area (Å²) in [7, 11) is 0. The van der Waals surface area contributed by atoms with E-state index < -0.39 is 17.5 Å². The van der Waals surface area contributed by atoms with Crippen molar-refractivity contribution in [3.8, 4) is 5.75 Å². The largest absolute Gasteiger partial charge is 0.508 e. The number of rotatable bonds is 6. The maximum absolute atomic E-state index is 13.6. The Bertz CT molecular complexity index is 932. The molecular weight excluding hydrogens is 354 g/mol. The summed E-state index contributed by atoms with van der Waals surface area (Å²) >= 11 is 0. The molecule has 0 fully saturated rings. The summed E-state index contributed by atoms with van der Waals surface area (Å²) in [5, 5.41) is 12.1. The van der Waals surface area contributed by atoms with Crippen LogP contribution < -0.4 is 10.8 Å². The predicted octanol–water partition coefficient (Wildman–Crippen LogP) is 4.28. The maximum atomic E-state index is 13.6. The fraction of sp³-hybridized carbons (Fsp3) is 0.0500. The summed E-state index contributed by atoms with van der Waals surface area (Å²) in [5.41, 5.74) is 3.47. The first-order valence-corrected chi connectivity index (χ1v) is 8.04. The Morgan fingerprint density at radius 2 is 1.63 bits per heavy atom. The number of benzene rings is 3. The van der Waals surface area contributed by atoms with E-state index in [9.17, 15) is 18.7 Å². The molecule has 0 heterocycles. The van der Waals surface area contributed by atoms with Gasteiger partial charge in [0.05, 0.1) is 17.9 Å². The Labute approximate surface area is 154 Å². The van der Waals surface area contributed by atoms with Gasteiger partial charge in [-0.2, -0.15) is 0 Å². The molecule has 0 bridgehead atoms. The van der Waals surface area contributed by atoms with Crippen molar-refractivity contribution in [1.29, 1.82) is 0 Å². The first kappa shape index (κ1) is 18.3. The number of carbonyl (C=O) groups excluding carboxylic acids is 1. The van der Waals surface area contributed by atoms with Crippen LogP contribution in [0.3, 0.4) is 0 Å². The highest BCUT2D eigenvalue weighted by atomic mass is 19.2. The third-order valence-electron chi connectivity index (χ3n) is 3.70. The van der Waals surface area contributed by atoms with E-state index in [4.69, 9.17) is 4.84 Å². The van der Waals surface area contributed by atoms with Crippen LogP contribution >= 0.6 is 0 Å². The minimum Gasteiger partial charge on any atom is -0.508 e. The first-order chi connectivity index (χ1) is 13.0. The van der Waals surface area contributed by atoms with Crippen molar-refractivity contribution < 1.29 is 23.5 Å². The van der Waals surface area contributed by atoms with E-state index >= 15 is 0 Å². The summed E-state index contributed by atoms with van der Waals surface area (Å²) in [6, 6.07) is 16.7. The first-order valence-electron chi connectivity index (χ1n) is 8.04. The number of aromatic hydroxyl groups is 1. The van der Waals surface area contributed by atoms with Crippen molar-refractivity contribution in [3.05, 3.63) is 89.5 Å². The van der Waals surface area contributed by atoms with Crippen LogP contribution in [0.2, 0.25) is 0 Å². The molecule has 0 aliphatic heterocycles. The standard InChI is InChI=1S/C20H16F2N2O3/c21-17-10-16(20(26)24-27-12-13-4-2-1-3-5-13)19(11-18(17)22)23-14-6-8-15(25)9-7-14/h1-11,23,25H,12H2,(H,24,26). The van der Waals surface area contributed by atoms with E-state index in [1.54, 1.807) is 0 Å². The second-order valence-corrected chi connectivity index (χ2v) is 5.69. The Morgan fingerprint density at radius 1 is 0.963 bits per heavy atom. The quantitative estimate of drug-likeness (QED) is 0.448. The zero-order chi connectivity index (χ0) is 19.2. The van der Waals surface area contributed by atoms with Crippen LogP contribution in [0.4, 0.5) is 20.2 Å². The summed E-state index contributed by atoms with van der Waals surface area (Å²) < 4.78 is 27.3. The van der Waals surface area contributed by atoms with Gasteiger partial charge in [-0.25, -0.2) is 14.3 Å². The molecule has 3 rings (SSSR count). The Hall–Kier alpha value is -3.45. The van der Waals surface area contributed by atoms with Gasteiger partial charge in [0.1, 0.15) is 5.75 Å². The van der Waals surface area contributed by atoms with E-state index in [0.29, 0.717) is 5.69 Å². The van der Waals surface area contributed by atoms with E-state index in [1.807, 2.05) is 30.3 Å². The lowest BCUT2D eigenvalue weighted by molar-refractivity contribution is 0.0234. The molecule has 27 heavy (non-hydrogen) atoms. The van der Waals surface area contributed by atoms with Crippen LogP contribution in [0.25, 0.3) is 0 Å². The predicted molar refractivity (Wildman–Crippen MR) is 96.4 cm³/mol. The van der Waals surface area contributed by atoms with Gasteiger partial charge in [-0.1, -0.05) is 30.3 Å². The van der Waals surface area contributed by atoms with Crippen molar-refractivity contribution in [2.45, 2.75) is 6.61 Å². The molecule has 138 valence electrons. The SMILES string of the molecule is O=C(NOCc1ccccc1)c1cc(F)c(F)cc1Nc1ccc(O)cc1. The van der Waals surface area contributed by atoms with Crippen molar-refractivity contribution in [2.75, 3.05) is 5.32 Å². The van der Waals surface area contributed by atoms with E-state index in [0.717, 1.165) is 17.7 Å². The number of halogens is 2. The number of nitrogens with one attached hydrogen (secondary N) is 2. The highest BCUT2D eigenvalue weighted by molar-refractivity contribution is 5.99.